The summed E-state index contributed by atoms with van der Waals surface area (Å²) >= 11 is 0. The second-order valence-electron chi connectivity index (χ2n) is 4.65. The van der Waals surface area contributed by atoms with Crippen LogP contribution in [-0.4, -0.2) is 29.3 Å². The fourth-order valence-electron chi connectivity index (χ4n) is 2.05. The van der Waals surface area contributed by atoms with Crippen molar-refractivity contribution in [2.45, 2.75) is 13.3 Å². The second-order valence-corrected chi connectivity index (χ2v) is 4.65. The SMILES string of the molecule is COCC(C)CC(=O)c1ccnn1-c1ccccc1. The maximum atomic E-state index is 12.3. The van der Waals surface area contributed by atoms with E-state index >= 15 is 0 Å². The first kappa shape index (κ1) is 13.5. The van der Waals surface area contributed by atoms with Crippen molar-refractivity contribution in [2.75, 3.05) is 13.7 Å². The van der Waals surface area contributed by atoms with Gasteiger partial charge in [-0.2, -0.15) is 5.10 Å². The standard InChI is InChI=1S/C15H18N2O2/c1-12(11-19-2)10-15(18)14-8-9-16-17(14)13-6-4-3-5-7-13/h3-9,12H,10-11H2,1-2H3. The summed E-state index contributed by atoms with van der Waals surface area (Å²) in [7, 11) is 1.65. The maximum Gasteiger partial charge on any atom is 0.181 e. The van der Waals surface area contributed by atoms with Crippen LogP contribution in [0.1, 0.15) is 23.8 Å². The highest BCUT2D eigenvalue weighted by Gasteiger charge is 2.16. The zero-order valence-electron chi connectivity index (χ0n) is 11.2. The molecule has 0 saturated heterocycles. The smallest absolute Gasteiger partial charge is 0.181 e. The molecule has 1 heterocycles. The van der Waals surface area contributed by atoms with Gasteiger partial charge >= 0.3 is 0 Å². The first-order valence-electron chi connectivity index (χ1n) is 6.34. The van der Waals surface area contributed by atoms with Gasteiger partial charge in [0, 0.05) is 20.1 Å². The Morgan fingerprint density at radius 1 is 1.32 bits per heavy atom. The molecule has 0 aliphatic heterocycles. The van der Waals surface area contributed by atoms with Gasteiger partial charge in [0.2, 0.25) is 0 Å². The van der Waals surface area contributed by atoms with Crippen molar-refractivity contribution in [1.82, 2.24) is 9.78 Å². The number of methoxy groups -OCH3 is 1. The van der Waals surface area contributed by atoms with E-state index in [0.29, 0.717) is 18.7 Å². The lowest BCUT2D eigenvalue weighted by Gasteiger charge is -2.10. The van der Waals surface area contributed by atoms with Gasteiger partial charge in [-0.15, -0.1) is 0 Å². The molecule has 1 atom stereocenters. The molecular formula is C15H18N2O2. The summed E-state index contributed by atoms with van der Waals surface area (Å²) in [6, 6.07) is 11.4. The Balaban J connectivity index is 2.18. The van der Waals surface area contributed by atoms with Crippen LogP contribution >= 0.6 is 0 Å². The largest absolute Gasteiger partial charge is 0.384 e. The summed E-state index contributed by atoms with van der Waals surface area (Å²) < 4.78 is 6.74. The Morgan fingerprint density at radius 2 is 2.05 bits per heavy atom. The van der Waals surface area contributed by atoms with Crippen molar-refractivity contribution in [3.05, 3.63) is 48.3 Å². The number of Topliss-reactive ketones (excluding diaryl/α,β-unsaturated/α-hetero) is 1. The Kier molecular flexibility index (Phi) is 4.47. The van der Waals surface area contributed by atoms with Crippen molar-refractivity contribution in [1.29, 1.82) is 0 Å². The summed E-state index contributed by atoms with van der Waals surface area (Å²) in [6.07, 6.45) is 2.12. The van der Waals surface area contributed by atoms with E-state index in [1.165, 1.54) is 0 Å². The molecule has 19 heavy (non-hydrogen) atoms. The number of carbonyl (C=O) groups is 1. The quantitative estimate of drug-likeness (QED) is 0.748. The lowest BCUT2D eigenvalue weighted by atomic mass is 10.0. The van der Waals surface area contributed by atoms with Crippen molar-refractivity contribution in [2.24, 2.45) is 5.92 Å². The topological polar surface area (TPSA) is 44.1 Å². The van der Waals surface area contributed by atoms with Crippen LogP contribution in [0.4, 0.5) is 0 Å². The summed E-state index contributed by atoms with van der Waals surface area (Å²) in [5.74, 6) is 0.294. The van der Waals surface area contributed by atoms with Crippen LogP contribution in [0.25, 0.3) is 5.69 Å². The molecule has 0 amide bonds. The van der Waals surface area contributed by atoms with E-state index in [4.69, 9.17) is 4.74 Å². The molecule has 1 aromatic heterocycles. The average molecular weight is 258 g/mol. The number of aromatic nitrogens is 2. The van der Waals surface area contributed by atoms with Gasteiger partial charge < -0.3 is 4.74 Å². The van der Waals surface area contributed by atoms with E-state index in [-0.39, 0.29) is 11.7 Å². The number of hydrogen-bond acceptors (Lipinski definition) is 3. The van der Waals surface area contributed by atoms with E-state index in [2.05, 4.69) is 5.10 Å². The molecule has 0 saturated carbocycles. The number of rotatable bonds is 6. The highest BCUT2D eigenvalue weighted by Crippen LogP contribution is 2.14. The predicted molar refractivity (Wildman–Crippen MR) is 73.6 cm³/mol. The highest BCUT2D eigenvalue weighted by atomic mass is 16.5. The number of para-hydroxylation sites is 1. The van der Waals surface area contributed by atoms with E-state index in [0.717, 1.165) is 5.69 Å². The third-order valence-corrected chi connectivity index (χ3v) is 2.91. The molecule has 0 radical (unpaired) electrons. The van der Waals surface area contributed by atoms with Crippen LogP contribution in [0.5, 0.6) is 0 Å². The zero-order valence-corrected chi connectivity index (χ0v) is 11.2. The van der Waals surface area contributed by atoms with E-state index in [1.54, 1.807) is 24.1 Å². The Hall–Kier alpha value is -1.94. The van der Waals surface area contributed by atoms with Crippen LogP contribution in [0.3, 0.4) is 0 Å². The minimum Gasteiger partial charge on any atom is -0.384 e. The molecule has 0 spiro atoms. The van der Waals surface area contributed by atoms with Gasteiger partial charge in [0.05, 0.1) is 11.9 Å². The summed E-state index contributed by atoms with van der Waals surface area (Å²) in [6.45, 7) is 2.59. The molecule has 100 valence electrons. The molecule has 0 N–H and O–H groups in total. The summed E-state index contributed by atoms with van der Waals surface area (Å²) in [5.41, 5.74) is 1.52. The van der Waals surface area contributed by atoms with E-state index in [9.17, 15) is 4.79 Å². The first-order valence-corrected chi connectivity index (χ1v) is 6.34. The number of hydrogen-bond donors (Lipinski definition) is 0. The third-order valence-electron chi connectivity index (χ3n) is 2.91. The first-order chi connectivity index (χ1) is 9.22. The molecule has 0 aliphatic carbocycles. The molecule has 0 fully saturated rings. The number of benzene rings is 1. The maximum absolute atomic E-state index is 12.3. The van der Waals surface area contributed by atoms with Crippen molar-refractivity contribution >= 4 is 5.78 Å². The number of nitrogens with zero attached hydrogens (tertiary/aromatic N) is 2. The fraction of sp³-hybridized carbons (Fsp3) is 0.333. The Bertz CT molecular complexity index is 534. The summed E-state index contributed by atoms with van der Waals surface area (Å²) in [5, 5.41) is 4.23. The van der Waals surface area contributed by atoms with Gasteiger partial charge in [-0.25, -0.2) is 4.68 Å². The molecule has 4 heteroatoms. The molecule has 2 aromatic rings. The van der Waals surface area contributed by atoms with Crippen LogP contribution in [0.2, 0.25) is 0 Å². The van der Waals surface area contributed by atoms with Gasteiger partial charge in [0.1, 0.15) is 5.69 Å². The number of carbonyl (C=O) groups excluding carboxylic acids is 1. The normalized spacial score (nSPS) is 12.3. The zero-order chi connectivity index (χ0) is 13.7. The number of ketones is 1. The fourth-order valence-corrected chi connectivity index (χ4v) is 2.05. The average Bonchev–Trinajstić information content (AvgIpc) is 2.89. The van der Waals surface area contributed by atoms with Crippen LogP contribution in [0.15, 0.2) is 42.6 Å². The summed E-state index contributed by atoms with van der Waals surface area (Å²) in [4.78, 5) is 12.3. The molecule has 0 aliphatic rings. The molecule has 4 nitrogen and oxygen atoms in total. The van der Waals surface area contributed by atoms with Crippen LogP contribution in [-0.2, 0) is 4.74 Å². The Morgan fingerprint density at radius 3 is 2.74 bits per heavy atom. The van der Waals surface area contributed by atoms with Crippen LogP contribution < -0.4 is 0 Å². The van der Waals surface area contributed by atoms with Gasteiger partial charge in [-0.1, -0.05) is 25.1 Å². The van der Waals surface area contributed by atoms with Gasteiger partial charge in [-0.3, -0.25) is 4.79 Å². The van der Waals surface area contributed by atoms with Gasteiger partial charge in [0.25, 0.3) is 0 Å². The molecule has 0 bridgehead atoms. The van der Waals surface area contributed by atoms with Gasteiger partial charge in [-0.05, 0) is 24.1 Å². The molecule has 1 aromatic carbocycles. The van der Waals surface area contributed by atoms with Gasteiger partial charge in [0.15, 0.2) is 5.78 Å². The van der Waals surface area contributed by atoms with Crippen molar-refractivity contribution in [3.8, 4) is 5.69 Å². The Labute approximate surface area is 113 Å². The second kappa shape index (κ2) is 6.29. The third kappa shape index (κ3) is 3.29. The number of ether oxygens (including phenoxy) is 1. The lowest BCUT2D eigenvalue weighted by Crippen LogP contribution is -2.14. The van der Waals surface area contributed by atoms with Crippen LogP contribution in [0, 0.1) is 5.92 Å². The molecular weight excluding hydrogens is 240 g/mol. The molecule has 1 unspecified atom stereocenters. The van der Waals surface area contributed by atoms with E-state index < -0.39 is 0 Å². The predicted octanol–water partition coefficient (Wildman–Crippen LogP) is 2.73. The highest BCUT2D eigenvalue weighted by molar-refractivity contribution is 5.95. The molecule has 2 rings (SSSR count). The minimum absolute atomic E-state index is 0.0888. The minimum atomic E-state index is 0.0888. The van der Waals surface area contributed by atoms with Crippen molar-refractivity contribution in [3.63, 3.8) is 0 Å². The van der Waals surface area contributed by atoms with E-state index in [1.807, 2.05) is 37.3 Å². The lowest BCUT2D eigenvalue weighted by molar-refractivity contribution is 0.0912. The monoisotopic (exact) mass is 258 g/mol. The van der Waals surface area contributed by atoms with Crippen molar-refractivity contribution < 1.29 is 9.53 Å².